The maximum Gasteiger partial charge on any atom is 0.0982 e. The van der Waals surface area contributed by atoms with Crippen LogP contribution in [0, 0.1) is 13.8 Å². The highest BCUT2D eigenvalue weighted by atomic mass is 16.3. The third-order valence-corrected chi connectivity index (χ3v) is 3.22. The van der Waals surface area contributed by atoms with Gasteiger partial charge >= 0.3 is 0 Å². The monoisotopic (exact) mass is 241 g/mol. The summed E-state index contributed by atoms with van der Waals surface area (Å²) in [6.45, 7) is 4.06. The molecule has 0 aromatic heterocycles. The highest BCUT2D eigenvalue weighted by Crippen LogP contribution is 2.26. The van der Waals surface area contributed by atoms with E-state index in [1.807, 2.05) is 62.4 Å². The van der Waals surface area contributed by atoms with Crippen molar-refractivity contribution in [2.75, 3.05) is 0 Å². The molecule has 0 saturated heterocycles. The fourth-order valence-corrected chi connectivity index (χ4v) is 1.94. The van der Waals surface area contributed by atoms with Crippen LogP contribution in [0.25, 0.3) is 0 Å². The van der Waals surface area contributed by atoms with Gasteiger partial charge in [0.1, 0.15) is 0 Å². The Morgan fingerprint density at radius 2 is 1.17 bits per heavy atom. The molecule has 0 aliphatic carbocycles. The molecule has 0 aliphatic rings. The maximum absolute atomic E-state index is 10.3. The van der Waals surface area contributed by atoms with Crippen molar-refractivity contribution in [2.45, 2.75) is 26.0 Å². The van der Waals surface area contributed by atoms with Crippen LogP contribution in [0.1, 0.15) is 34.4 Å². The molecular formula is C16H19NO. The molecule has 0 bridgehead atoms. The van der Waals surface area contributed by atoms with Crippen LogP contribution in [-0.4, -0.2) is 5.11 Å². The average Bonchev–Trinajstić information content (AvgIpc) is 2.39. The quantitative estimate of drug-likeness (QED) is 0.867. The molecule has 2 aromatic carbocycles. The lowest BCUT2D eigenvalue weighted by molar-refractivity contribution is 0.147. The van der Waals surface area contributed by atoms with E-state index in [4.69, 9.17) is 5.73 Å². The van der Waals surface area contributed by atoms with E-state index in [1.165, 1.54) is 11.1 Å². The molecule has 0 radical (unpaired) electrons. The topological polar surface area (TPSA) is 46.2 Å². The number of hydrogen-bond acceptors (Lipinski definition) is 2. The largest absolute Gasteiger partial charge is 0.386 e. The highest BCUT2D eigenvalue weighted by molar-refractivity contribution is 5.29. The molecule has 0 unspecified atom stereocenters. The van der Waals surface area contributed by atoms with E-state index in [0.29, 0.717) is 0 Å². The lowest BCUT2D eigenvalue weighted by Gasteiger charge is -2.20. The summed E-state index contributed by atoms with van der Waals surface area (Å²) in [6, 6.07) is 15.4. The zero-order chi connectivity index (χ0) is 13.1. The fourth-order valence-electron chi connectivity index (χ4n) is 1.94. The number of aryl methyl sites for hydroxylation is 2. The second kappa shape index (κ2) is 5.34. The van der Waals surface area contributed by atoms with Crippen LogP contribution in [0.2, 0.25) is 0 Å². The molecule has 2 nitrogen and oxygen atoms in total. The molecule has 94 valence electrons. The van der Waals surface area contributed by atoms with Crippen molar-refractivity contribution in [2.24, 2.45) is 5.73 Å². The van der Waals surface area contributed by atoms with Gasteiger partial charge in [-0.05, 0) is 25.0 Å². The van der Waals surface area contributed by atoms with Crippen molar-refractivity contribution < 1.29 is 5.11 Å². The zero-order valence-corrected chi connectivity index (χ0v) is 10.8. The summed E-state index contributed by atoms with van der Waals surface area (Å²) in [5.74, 6) is 0. The van der Waals surface area contributed by atoms with Crippen LogP contribution < -0.4 is 5.73 Å². The van der Waals surface area contributed by atoms with E-state index in [2.05, 4.69) is 0 Å². The lowest BCUT2D eigenvalue weighted by atomic mass is 9.95. The molecule has 0 spiro atoms. The molecule has 0 amide bonds. The van der Waals surface area contributed by atoms with Gasteiger partial charge in [0, 0.05) is 0 Å². The van der Waals surface area contributed by atoms with E-state index in [9.17, 15) is 5.11 Å². The summed E-state index contributed by atoms with van der Waals surface area (Å²) >= 11 is 0. The van der Waals surface area contributed by atoms with Crippen LogP contribution in [-0.2, 0) is 0 Å². The molecule has 2 rings (SSSR count). The van der Waals surface area contributed by atoms with E-state index >= 15 is 0 Å². The normalized spacial score (nSPS) is 14.2. The van der Waals surface area contributed by atoms with Crippen molar-refractivity contribution in [1.29, 1.82) is 0 Å². The first-order valence-corrected chi connectivity index (χ1v) is 6.14. The molecule has 2 heteroatoms. The molecule has 0 heterocycles. The van der Waals surface area contributed by atoms with E-state index in [0.717, 1.165) is 11.1 Å². The lowest BCUT2D eigenvalue weighted by Crippen LogP contribution is -2.19. The van der Waals surface area contributed by atoms with Crippen molar-refractivity contribution >= 4 is 0 Å². The van der Waals surface area contributed by atoms with Gasteiger partial charge in [0.05, 0.1) is 12.1 Å². The first-order valence-electron chi connectivity index (χ1n) is 6.14. The Bertz CT molecular complexity index is 452. The van der Waals surface area contributed by atoms with Gasteiger partial charge in [-0.3, -0.25) is 0 Å². The summed E-state index contributed by atoms with van der Waals surface area (Å²) in [6.07, 6.45) is -0.673. The summed E-state index contributed by atoms with van der Waals surface area (Å²) < 4.78 is 0. The standard InChI is InChI=1S/C16H19NO/c1-11-3-7-13(8-4-11)15(17)16(18)14-9-5-12(2)6-10-14/h3-10,15-16,18H,17H2,1-2H3/t15-,16+/m1/s1. The van der Waals surface area contributed by atoms with Crippen molar-refractivity contribution in [1.82, 2.24) is 0 Å². The Hall–Kier alpha value is -1.64. The highest BCUT2D eigenvalue weighted by Gasteiger charge is 2.18. The van der Waals surface area contributed by atoms with E-state index in [-0.39, 0.29) is 0 Å². The predicted octanol–water partition coefficient (Wildman–Crippen LogP) is 3.04. The SMILES string of the molecule is Cc1ccc([C@@H](N)[C@@H](O)c2ccc(C)cc2)cc1. The van der Waals surface area contributed by atoms with Crippen LogP contribution >= 0.6 is 0 Å². The number of rotatable bonds is 3. The second-order valence-corrected chi connectivity index (χ2v) is 4.79. The number of benzene rings is 2. The van der Waals surface area contributed by atoms with Gasteiger partial charge in [0.15, 0.2) is 0 Å². The predicted molar refractivity (Wildman–Crippen MR) is 74.2 cm³/mol. The molecule has 0 aliphatic heterocycles. The van der Waals surface area contributed by atoms with Gasteiger partial charge in [-0.2, -0.15) is 0 Å². The number of aliphatic hydroxyl groups excluding tert-OH is 1. The van der Waals surface area contributed by atoms with Crippen LogP contribution in [0.4, 0.5) is 0 Å². The minimum absolute atomic E-state index is 0.395. The van der Waals surface area contributed by atoms with Crippen molar-refractivity contribution in [3.8, 4) is 0 Å². The van der Waals surface area contributed by atoms with Gasteiger partial charge in [-0.25, -0.2) is 0 Å². The molecule has 3 N–H and O–H groups in total. The smallest absolute Gasteiger partial charge is 0.0982 e. The van der Waals surface area contributed by atoms with Crippen molar-refractivity contribution in [3.05, 3.63) is 70.8 Å². The van der Waals surface area contributed by atoms with E-state index in [1.54, 1.807) is 0 Å². The Balaban J connectivity index is 2.20. The summed E-state index contributed by atoms with van der Waals surface area (Å²) in [4.78, 5) is 0. The molecule has 0 fully saturated rings. The third kappa shape index (κ3) is 2.78. The second-order valence-electron chi connectivity index (χ2n) is 4.79. The number of nitrogens with two attached hydrogens (primary N) is 1. The third-order valence-electron chi connectivity index (χ3n) is 3.22. The number of hydrogen-bond donors (Lipinski definition) is 2. The van der Waals surface area contributed by atoms with Gasteiger partial charge in [-0.15, -0.1) is 0 Å². The minimum atomic E-state index is -0.673. The van der Waals surface area contributed by atoms with Gasteiger partial charge in [0.2, 0.25) is 0 Å². The maximum atomic E-state index is 10.3. The number of aliphatic hydroxyl groups is 1. The zero-order valence-electron chi connectivity index (χ0n) is 10.8. The first-order chi connectivity index (χ1) is 8.58. The molecule has 2 aromatic rings. The molecule has 2 atom stereocenters. The molecule has 18 heavy (non-hydrogen) atoms. The van der Waals surface area contributed by atoms with E-state index < -0.39 is 12.1 Å². The molecular weight excluding hydrogens is 222 g/mol. The van der Waals surface area contributed by atoms with Crippen molar-refractivity contribution in [3.63, 3.8) is 0 Å². The minimum Gasteiger partial charge on any atom is -0.386 e. The van der Waals surface area contributed by atoms with Crippen LogP contribution in [0.3, 0.4) is 0 Å². The average molecular weight is 241 g/mol. The van der Waals surface area contributed by atoms with Crippen LogP contribution in [0.5, 0.6) is 0 Å². The Morgan fingerprint density at radius 1 is 0.778 bits per heavy atom. The molecule has 0 saturated carbocycles. The van der Waals surface area contributed by atoms with Gasteiger partial charge in [0.25, 0.3) is 0 Å². The van der Waals surface area contributed by atoms with Gasteiger partial charge in [-0.1, -0.05) is 59.7 Å². The summed E-state index contributed by atoms with van der Waals surface area (Å²) in [5, 5.41) is 10.3. The van der Waals surface area contributed by atoms with Crippen LogP contribution in [0.15, 0.2) is 48.5 Å². The first kappa shape index (κ1) is 12.8. The summed E-state index contributed by atoms with van der Waals surface area (Å²) in [5.41, 5.74) is 10.3. The Morgan fingerprint density at radius 3 is 1.61 bits per heavy atom. The van der Waals surface area contributed by atoms with Gasteiger partial charge < -0.3 is 10.8 Å². The fraction of sp³-hybridized carbons (Fsp3) is 0.250. The summed E-state index contributed by atoms with van der Waals surface area (Å²) in [7, 11) is 0. The Kier molecular flexibility index (Phi) is 3.80. The Labute approximate surface area is 108 Å².